The van der Waals surface area contributed by atoms with Gasteiger partial charge in [0.05, 0.1) is 0 Å². The average Bonchev–Trinajstić information content (AvgIpc) is 2.76. The van der Waals surface area contributed by atoms with Crippen molar-refractivity contribution in [2.45, 2.75) is 93.9 Å². The largest absolute Gasteiger partial charge is 0.261 e. The van der Waals surface area contributed by atoms with Crippen LogP contribution in [0.15, 0.2) is 60.9 Å². The molecule has 0 radical (unpaired) electrons. The number of hydrogen-bond acceptors (Lipinski definition) is 2. The highest BCUT2D eigenvalue weighted by Crippen LogP contribution is 2.24. The zero-order valence-electron chi connectivity index (χ0n) is 22.9. The van der Waals surface area contributed by atoms with Crippen molar-refractivity contribution in [1.29, 1.82) is 0 Å². The number of aromatic nitrogens is 2. The first-order valence-corrected chi connectivity index (χ1v) is 12.8. The van der Waals surface area contributed by atoms with Gasteiger partial charge in [-0.15, -0.1) is 0 Å². The summed E-state index contributed by atoms with van der Waals surface area (Å²) >= 11 is 0. The minimum atomic E-state index is 0.500. The Hall–Kier alpha value is -2.48. The fourth-order valence-corrected chi connectivity index (χ4v) is 3.61. The first kappa shape index (κ1) is 27.8. The molecule has 5 rings (SSSR count). The molecule has 2 aliphatic rings. The smallest absolute Gasteiger partial charge is 0.0482 e. The molecule has 0 atom stereocenters. The van der Waals surface area contributed by atoms with Crippen molar-refractivity contribution in [1.82, 2.24) is 9.97 Å². The van der Waals surface area contributed by atoms with Crippen molar-refractivity contribution in [3.05, 3.63) is 94.6 Å². The summed E-state index contributed by atoms with van der Waals surface area (Å²) < 4.78 is 0. The zero-order chi connectivity index (χ0) is 25.2. The molecule has 0 saturated carbocycles. The van der Waals surface area contributed by atoms with E-state index >= 15 is 0 Å². The van der Waals surface area contributed by atoms with Crippen molar-refractivity contribution in [2.75, 3.05) is 0 Å². The molecule has 2 heterocycles. The van der Waals surface area contributed by atoms with Gasteiger partial charge in [0, 0.05) is 30.2 Å². The maximum absolute atomic E-state index is 4.42. The standard InChI is InChI=1S/C13H11N.C9H11N.2C5H12/c1-2-5-11-9-13-12(6-3-7-14-13)8-10(11)4-1;1-2-6-9-8(4-1)5-3-7-10-9;2*1-5(2,3)4/h1-7H,8-9H2;3,5,7H,1-2,4,6H2;2*1-4H3. The number of nitrogens with zero attached hydrogens (tertiary/aromatic N) is 2. The lowest BCUT2D eigenvalue weighted by molar-refractivity contribution is 0.469. The van der Waals surface area contributed by atoms with Gasteiger partial charge in [0.25, 0.3) is 0 Å². The highest BCUT2D eigenvalue weighted by molar-refractivity contribution is 5.41. The first-order valence-electron chi connectivity index (χ1n) is 12.8. The van der Waals surface area contributed by atoms with Crippen LogP contribution in [0.2, 0.25) is 0 Å². The minimum Gasteiger partial charge on any atom is -0.261 e. The molecule has 34 heavy (non-hydrogen) atoms. The van der Waals surface area contributed by atoms with Crippen molar-refractivity contribution < 1.29 is 0 Å². The summed E-state index contributed by atoms with van der Waals surface area (Å²) in [5, 5.41) is 0. The molecular weight excluding hydrogens is 412 g/mol. The van der Waals surface area contributed by atoms with Gasteiger partial charge in [-0.2, -0.15) is 0 Å². The molecule has 2 heteroatoms. The summed E-state index contributed by atoms with van der Waals surface area (Å²) in [4.78, 5) is 8.74. The van der Waals surface area contributed by atoms with E-state index in [0.717, 1.165) is 12.8 Å². The van der Waals surface area contributed by atoms with E-state index in [1.165, 1.54) is 59.3 Å². The van der Waals surface area contributed by atoms with Crippen molar-refractivity contribution in [2.24, 2.45) is 10.8 Å². The Bertz CT molecular complexity index is 869. The molecule has 0 unspecified atom stereocenters. The van der Waals surface area contributed by atoms with E-state index in [9.17, 15) is 0 Å². The normalized spacial score (nSPS) is 13.8. The van der Waals surface area contributed by atoms with E-state index in [2.05, 4.69) is 102 Å². The van der Waals surface area contributed by atoms with E-state index in [1.807, 2.05) is 24.5 Å². The van der Waals surface area contributed by atoms with E-state index in [0.29, 0.717) is 10.8 Å². The number of benzene rings is 1. The predicted molar refractivity (Wildman–Crippen MR) is 147 cm³/mol. The van der Waals surface area contributed by atoms with Crippen molar-refractivity contribution >= 4 is 0 Å². The summed E-state index contributed by atoms with van der Waals surface area (Å²) in [6.45, 7) is 17.5. The van der Waals surface area contributed by atoms with E-state index in [4.69, 9.17) is 0 Å². The molecule has 0 N–H and O–H groups in total. The molecule has 0 saturated heterocycles. The Kier molecular flexibility index (Phi) is 10.5. The van der Waals surface area contributed by atoms with Crippen LogP contribution < -0.4 is 0 Å². The highest BCUT2D eigenvalue weighted by Gasteiger charge is 2.14. The monoisotopic (exact) mass is 458 g/mol. The van der Waals surface area contributed by atoms with Crippen LogP contribution in [-0.4, -0.2) is 9.97 Å². The second-order valence-corrected chi connectivity index (χ2v) is 12.5. The van der Waals surface area contributed by atoms with Crippen LogP contribution in [0.5, 0.6) is 0 Å². The van der Waals surface area contributed by atoms with Gasteiger partial charge in [0.2, 0.25) is 0 Å². The lowest BCUT2D eigenvalue weighted by atomic mass is 9.89. The molecule has 2 aliphatic carbocycles. The maximum Gasteiger partial charge on any atom is 0.0482 e. The number of rotatable bonds is 0. The van der Waals surface area contributed by atoms with Gasteiger partial charge in [-0.25, -0.2) is 0 Å². The second kappa shape index (κ2) is 12.8. The third kappa shape index (κ3) is 11.6. The van der Waals surface area contributed by atoms with Gasteiger partial charge in [-0.05, 0) is 77.3 Å². The van der Waals surface area contributed by atoms with E-state index < -0.39 is 0 Å². The van der Waals surface area contributed by atoms with E-state index in [1.54, 1.807) is 0 Å². The molecule has 0 fully saturated rings. The van der Waals surface area contributed by atoms with Crippen LogP contribution in [-0.2, 0) is 25.7 Å². The fourth-order valence-electron chi connectivity index (χ4n) is 3.61. The van der Waals surface area contributed by atoms with Crippen LogP contribution >= 0.6 is 0 Å². The number of pyridine rings is 2. The SMILES string of the molecule is CC(C)(C)C.CC(C)(C)C.c1ccc2c(c1)Cc1cccnc1C2.c1cnc2c(c1)CCCC2. The number of hydrogen-bond donors (Lipinski definition) is 0. The highest BCUT2D eigenvalue weighted by atomic mass is 14.7. The van der Waals surface area contributed by atoms with Gasteiger partial charge in [0.1, 0.15) is 0 Å². The molecule has 2 nitrogen and oxygen atoms in total. The van der Waals surface area contributed by atoms with Gasteiger partial charge in [-0.3, -0.25) is 9.97 Å². The number of fused-ring (bicyclic) bond motifs is 3. The summed E-state index contributed by atoms with van der Waals surface area (Å²) in [5.74, 6) is 0. The van der Waals surface area contributed by atoms with Crippen LogP contribution in [0.25, 0.3) is 0 Å². The summed E-state index contributed by atoms with van der Waals surface area (Å²) in [6.07, 6.45) is 10.9. The third-order valence-corrected chi connectivity index (χ3v) is 4.94. The number of aryl methyl sites for hydroxylation is 2. The fraction of sp³-hybridized carbons (Fsp3) is 0.500. The molecule has 1 aromatic carbocycles. The molecular formula is C32H46N2. The Balaban J connectivity index is 0.000000179. The minimum absolute atomic E-state index is 0.500. The molecule has 0 amide bonds. The average molecular weight is 459 g/mol. The Labute approximate surface area is 209 Å². The van der Waals surface area contributed by atoms with Gasteiger partial charge < -0.3 is 0 Å². The Morgan fingerprint density at radius 2 is 0.941 bits per heavy atom. The van der Waals surface area contributed by atoms with Crippen molar-refractivity contribution in [3.63, 3.8) is 0 Å². The third-order valence-electron chi connectivity index (χ3n) is 4.94. The quantitative estimate of drug-likeness (QED) is 0.263. The van der Waals surface area contributed by atoms with Gasteiger partial charge in [0.15, 0.2) is 0 Å². The molecule has 0 aliphatic heterocycles. The summed E-state index contributed by atoms with van der Waals surface area (Å²) in [6, 6.07) is 17.1. The molecule has 0 bridgehead atoms. The second-order valence-electron chi connectivity index (χ2n) is 12.5. The summed E-state index contributed by atoms with van der Waals surface area (Å²) in [7, 11) is 0. The lowest BCUT2D eigenvalue weighted by Crippen LogP contribution is -2.08. The first-order chi connectivity index (χ1) is 15.9. The lowest BCUT2D eigenvalue weighted by Gasteiger charge is -2.17. The van der Waals surface area contributed by atoms with Crippen LogP contribution in [0, 0.1) is 10.8 Å². The van der Waals surface area contributed by atoms with Crippen molar-refractivity contribution in [3.8, 4) is 0 Å². The van der Waals surface area contributed by atoms with E-state index in [-0.39, 0.29) is 0 Å². The Morgan fingerprint density at radius 1 is 0.500 bits per heavy atom. The van der Waals surface area contributed by atoms with Crippen LogP contribution in [0.3, 0.4) is 0 Å². The molecule has 0 spiro atoms. The van der Waals surface area contributed by atoms with Crippen LogP contribution in [0.1, 0.15) is 102 Å². The topological polar surface area (TPSA) is 25.8 Å². The summed E-state index contributed by atoms with van der Waals surface area (Å²) in [5.41, 5.74) is 9.30. The predicted octanol–water partition coefficient (Wildman–Crippen LogP) is 8.64. The molecule has 3 aromatic rings. The zero-order valence-corrected chi connectivity index (χ0v) is 22.9. The molecule has 184 valence electrons. The molecule has 2 aromatic heterocycles. The Morgan fingerprint density at radius 3 is 1.50 bits per heavy atom. The maximum atomic E-state index is 4.42. The van der Waals surface area contributed by atoms with Gasteiger partial charge >= 0.3 is 0 Å². The van der Waals surface area contributed by atoms with Crippen LogP contribution in [0.4, 0.5) is 0 Å². The van der Waals surface area contributed by atoms with Gasteiger partial charge in [-0.1, -0.05) is 91.8 Å².